The molecule has 0 heterocycles. The summed E-state index contributed by atoms with van der Waals surface area (Å²) in [5.74, 6) is -2.78. The molecule has 5 rings (SSSR count). The monoisotopic (exact) mass is 524 g/mol. The Hall–Kier alpha value is -2.64. The van der Waals surface area contributed by atoms with Crippen LogP contribution in [-0.2, 0) is 25.5 Å². The molecule has 204 valence electrons. The Morgan fingerprint density at radius 2 is 1.87 bits per heavy atom. The van der Waals surface area contributed by atoms with Gasteiger partial charge in [0.1, 0.15) is 5.60 Å². The lowest BCUT2D eigenvalue weighted by molar-refractivity contribution is -0.220. The number of esters is 1. The molecular formula is C31H37FO6. The van der Waals surface area contributed by atoms with Crippen LogP contribution in [0.5, 0.6) is 0 Å². The molecule has 1 aromatic rings. The number of rotatable bonds is 6. The molecule has 0 aromatic heterocycles. The van der Waals surface area contributed by atoms with E-state index in [9.17, 15) is 24.6 Å². The third-order valence-corrected chi connectivity index (χ3v) is 10.5. The molecule has 1 aromatic carbocycles. The normalized spacial score (nSPS) is 41.5. The second kappa shape index (κ2) is 9.23. The predicted molar refractivity (Wildman–Crippen MR) is 139 cm³/mol. The number of allylic oxidation sites excluding steroid dienone is 4. The van der Waals surface area contributed by atoms with Gasteiger partial charge in [0, 0.05) is 23.2 Å². The van der Waals surface area contributed by atoms with Gasteiger partial charge in [0.05, 0.1) is 6.10 Å². The molecule has 0 spiro atoms. The SMILES string of the molecule is C[C@@H]1C[C@H]2[C@@H]3CCC4=CC(=O)C=C[C@]4(C)[C@@]3(F)[C@@H](O)C[C@]2(C)[C@@]1(O)C(=O)COC(=O)CCc1ccccc1. The van der Waals surface area contributed by atoms with Gasteiger partial charge in [0.2, 0.25) is 5.78 Å². The molecule has 7 heteroatoms. The van der Waals surface area contributed by atoms with E-state index in [0.29, 0.717) is 31.3 Å². The van der Waals surface area contributed by atoms with Gasteiger partial charge in [-0.05, 0) is 68.6 Å². The number of hydrogen-bond donors (Lipinski definition) is 2. The molecule has 0 amide bonds. The average molecular weight is 525 g/mol. The quantitative estimate of drug-likeness (QED) is 0.544. The number of aryl methyl sites for hydroxylation is 1. The highest BCUT2D eigenvalue weighted by Gasteiger charge is 2.75. The van der Waals surface area contributed by atoms with Crippen LogP contribution in [0.15, 0.2) is 54.1 Å². The third kappa shape index (κ3) is 3.69. The fourth-order valence-corrected chi connectivity index (χ4v) is 8.36. The highest BCUT2D eigenvalue weighted by Crippen LogP contribution is 2.70. The lowest BCUT2D eigenvalue weighted by Crippen LogP contribution is -2.69. The highest BCUT2D eigenvalue weighted by molar-refractivity contribution is 6.01. The number of carbonyl (C=O) groups excluding carboxylic acids is 3. The zero-order chi connectivity index (χ0) is 27.5. The Balaban J connectivity index is 1.35. The predicted octanol–water partition coefficient (Wildman–Crippen LogP) is 4.08. The van der Waals surface area contributed by atoms with E-state index in [2.05, 4.69) is 0 Å². The summed E-state index contributed by atoms with van der Waals surface area (Å²) < 4.78 is 22.5. The van der Waals surface area contributed by atoms with Crippen LogP contribution in [0.3, 0.4) is 0 Å². The summed E-state index contributed by atoms with van der Waals surface area (Å²) in [7, 11) is 0. The van der Waals surface area contributed by atoms with Crippen molar-refractivity contribution in [3.8, 4) is 0 Å². The number of ketones is 2. The van der Waals surface area contributed by atoms with Crippen LogP contribution in [0.2, 0.25) is 0 Å². The van der Waals surface area contributed by atoms with E-state index in [-0.39, 0.29) is 24.5 Å². The van der Waals surface area contributed by atoms with Crippen molar-refractivity contribution >= 4 is 17.5 Å². The van der Waals surface area contributed by atoms with Crippen LogP contribution in [0.1, 0.15) is 58.4 Å². The van der Waals surface area contributed by atoms with E-state index in [1.54, 1.807) is 26.8 Å². The lowest BCUT2D eigenvalue weighted by Gasteiger charge is -2.62. The first-order chi connectivity index (χ1) is 17.9. The molecule has 8 atom stereocenters. The van der Waals surface area contributed by atoms with Gasteiger partial charge in [-0.25, -0.2) is 4.39 Å². The van der Waals surface area contributed by atoms with Gasteiger partial charge >= 0.3 is 5.97 Å². The Kier molecular flexibility index (Phi) is 6.55. The van der Waals surface area contributed by atoms with Gasteiger partial charge < -0.3 is 14.9 Å². The molecule has 4 aliphatic carbocycles. The number of Topliss-reactive ketones (excluding diaryl/α,β-unsaturated/α-hetero) is 1. The van der Waals surface area contributed by atoms with Crippen LogP contribution in [-0.4, -0.2) is 51.7 Å². The summed E-state index contributed by atoms with van der Waals surface area (Å²) in [4.78, 5) is 37.9. The van der Waals surface area contributed by atoms with Gasteiger partial charge in [0.25, 0.3) is 0 Å². The summed E-state index contributed by atoms with van der Waals surface area (Å²) >= 11 is 0. The molecule has 0 bridgehead atoms. The van der Waals surface area contributed by atoms with E-state index < -0.39 is 58.4 Å². The van der Waals surface area contributed by atoms with Crippen molar-refractivity contribution in [2.24, 2.45) is 28.6 Å². The van der Waals surface area contributed by atoms with Crippen molar-refractivity contribution in [3.05, 3.63) is 59.7 Å². The number of ether oxygens (including phenoxy) is 1. The summed E-state index contributed by atoms with van der Waals surface area (Å²) in [6, 6.07) is 9.48. The minimum absolute atomic E-state index is 0.107. The molecule has 0 unspecified atom stereocenters. The van der Waals surface area contributed by atoms with Gasteiger partial charge in [-0.1, -0.05) is 55.8 Å². The van der Waals surface area contributed by atoms with E-state index in [1.165, 1.54) is 12.2 Å². The van der Waals surface area contributed by atoms with Crippen LogP contribution >= 0.6 is 0 Å². The maximum absolute atomic E-state index is 17.2. The summed E-state index contributed by atoms with van der Waals surface area (Å²) in [6.45, 7) is 4.73. The number of aliphatic hydroxyl groups excluding tert-OH is 1. The number of carbonyl (C=O) groups is 3. The Morgan fingerprint density at radius 1 is 1.16 bits per heavy atom. The molecule has 0 saturated heterocycles. The fourth-order valence-electron chi connectivity index (χ4n) is 8.36. The van der Waals surface area contributed by atoms with Crippen molar-refractivity contribution in [1.82, 2.24) is 0 Å². The smallest absolute Gasteiger partial charge is 0.306 e. The van der Waals surface area contributed by atoms with E-state index in [1.807, 2.05) is 30.3 Å². The Labute approximate surface area is 223 Å². The number of fused-ring (bicyclic) bond motifs is 5. The third-order valence-electron chi connectivity index (χ3n) is 10.5. The van der Waals surface area contributed by atoms with Crippen molar-refractivity contribution in [2.45, 2.75) is 76.7 Å². The van der Waals surface area contributed by atoms with Crippen LogP contribution < -0.4 is 0 Å². The van der Waals surface area contributed by atoms with Gasteiger partial charge in [-0.3, -0.25) is 14.4 Å². The molecule has 2 N–H and O–H groups in total. The topological polar surface area (TPSA) is 101 Å². The largest absolute Gasteiger partial charge is 0.458 e. The molecular weight excluding hydrogens is 487 g/mol. The lowest BCUT2D eigenvalue weighted by atomic mass is 9.44. The molecule has 3 saturated carbocycles. The average Bonchev–Trinajstić information content (AvgIpc) is 3.09. The minimum Gasteiger partial charge on any atom is -0.458 e. The van der Waals surface area contributed by atoms with E-state index >= 15 is 4.39 Å². The van der Waals surface area contributed by atoms with Crippen molar-refractivity contribution in [1.29, 1.82) is 0 Å². The first-order valence-electron chi connectivity index (χ1n) is 13.6. The summed E-state index contributed by atoms with van der Waals surface area (Å²) in [5.41, 5.74) is -4.45. The van der Waals surface area contributed by atoms with Crippen molar-refractivity contribution in [3.63, 3.8) is 0 Å². The second-order valence-corrected chi connectivity index (χ2v) is 12.2. The minimum atomic E-state index is -2.03. The van der Waals surface area contributed by atoms with Crippen molar-refractivity contribution in [2.75, 3.05) is 6.61 Å². The molecule has 3 fully saturated rings. The van der Waals surface area contributed by atoms with Crippen molar-refractivity contribution < 1.29 is 33.7 Å². The highest BCUT2D eigenvalue weighted by atomic mass is 19.1. The Bertz CT molecular complexity index is 1210. The summed E-state index contributed by atoms with van der Waals surface area (Å²) in [6.07, 6.45) is 4.84. The summed E-state index contributed by atoms with van der Waals surface area (Å²) in [5, 5.41) is 23.4. The number of aliphatic hydroxyl groups is 2. The zero-order valence-corrected chi connectivity index (χ0v) is 22.3. The van der Waals surface area contributed by atoms with E-state index in [4.69, 9.17) is 4.74 Å². The number of halogens is 1. The van der Waals surface area contributed by atoms with Gasteiger partial charge in [-0.2, -0.15) is 0 Å². The first-order valence-corrected chi connectivity index (χ1v) is 13.6. The Morgan fingerprint density at radius 3 is 2.58 bits per heavy atom. The number of benzene rings is 1. The van der Waals surface area contributed by atoms with E-state index in [0.717, 1.165) is 5.56 Å². The standard InChI is InChI=1S/C31H37FO6/c1-19-15-24-23-11-10-21-16-22(33)13-14-28(21,2)30(23,32)25(34)17-29(24,3)31(19,37)26(35)18-38-27(36)12-9-20-7-5-4-6-8-20/h4-8,13-14,16,19,23-25,34,37H,9-12,15,17-18H2,1-3H3/t19-,23+,24+,25+,28+,29+,30+,31+/m1/s1. The molecule has 0 radical (unpaired) electrons. The molecule has 4 aliphatic rings. The van der Waals surface area contributed by atoms with Crippen LogP contribution in [0, 0.1) is 28.6 Å². The van der Waals surface area contributed by atoms with Crippen LogP contribution in [0.25, 0.3) is 0 Å². The number of alkyl halides is 1. The number of hydrogen-bond acceptors (Lipinski definition) is 6. The first kappa shape index (κ1) is 26.9. The molecule has 6 nitrogen and oxygen atoms in total. The maximum Gasteiger partial charge on any atom is 0.306 e. The fraction of sp³-hybridized carbons (Fsp3) is 0.581. The van der Waals surface area contributed by atoms with Crippen LogP contribution in [0.4, 0.5) is 4.39 Å². The molecule has 0 aliphatic heterocycles. The maximum atomic E-state index is 17.2. The zero-order valence-electron chi connectivity index (χ0n) is 22.3. The second-order valence-electron chi connectivity index (χ2n) is 12.2. The van der Waals surface area contributed by atoms with Gasteiger partial charge in [0.15, 0.2) is 18.1 Å². The van der Waals surface area contributed by atoms with Gasteiger partial charge in [-0.15, -0.1) is 0 Å². The molecule has 38 heavy (non-hydrogen) atoms.